The van der Waals surface area contributed by atoms with Crippen molar-refractivity contribution in [3.63, 3.8) is 0 Å². The summed E-state index contributed by atoms with van der Waals surface area (Å²) in [6.07, 6.45) is 6.23. The number of ether oxygens (including phenoxy) is 1. The first-order chi connectivity index (χ1) is 13.9. The molecule has 0 spiro atoms. The van der Waals surface area contributed by atoms with Crippen molar-refractivity contribution in [3.05, 3.63) is 35.2 Å². The van der Waals surface area contributed by atoms with Crippen molar-refractivity contribution in [2.24, 2.45) is 5.92 Å². The SMILES string of the molecule is Cc1nc([C@](C)(CC2CC2)NC(=O)c2cc(O[C@@H](C)CF)c(C3CC3)cn2)no1. The van der Waals surface area contributed by atoms with Gasteiger partial charge in [-0.05, 0) is 44.9 Å². The van der Waals surface area contributed by atoms with Gasteiger partial charge in [-0.2, -0.15) is 4.98 Å². The Bertz CT molecular complexity index is 894. The molecule has 4 rings (SSSR count). The van der Waals surface area contributed by atoms with E-state index in [-0.39, 0.29) is 11.6 Å². The number of nitrogens with zero attached hydrogens (tertiary/aromatic N) is 3. The lowest BCUT2D eigenvalue weighted by molar-refractivity contribution is 0.0883. The van der Waals surface area contributed by atoms with Gasteiger partial charge in [0.2, 0.25) is 5.89 Å². The highest BCUT2D eigenvalue weighted by atomic mass is 19.1. The molecule has 0 aromatic carbocycles. The Hall–Kier alpha value is -2.51. The van der Waals surface area contributed by atoms with Crippen LogP contribution in [-0.4, -0.2) is 33.8 Å². The van der Waals surface area contributed by atoms with Crippen molar-refractivity contribution in [1.29, 1.82) is 0 Å². The highest BCUT2D eigenvalue weighted by Gasteiger charge is 2.40. The molecular formula is C21H27FN4O3. The normalized spacial score (nSPS) is 19.4. The molecule has 29 heavy (non-hydrogen) atoms. The van der Waals surface area contributed by atoms with Gasteiger partial charge in [-0.25, -0.2) is 4.39 Å². The number of nitrogens with one attached hydrogen (secondary N) is 1. The van der Waals surface area contributed by atoms with E-state index in [1.54, 1.807) is 26.1 Å². The summed E-state index contributed by atoms with van der Waals surface area (Å²) in [7, 11) is 0. The molecule has 0 unspecified atom stereocenters. The zero-order valence-electron chi connectivity index (χ0n) is 17.1. The summed E-state index contributed by atoms with van der Waals surface area (Å²) in [5, 5.41) is 7.09. The van der Waals surface area contributed by atoms with Crippen molar-refractivity contribution < 1.29 is 18.4 Å². The number of aromatic nitrogens is 3. The molecular weight excluding hydrogens is 375 g/mol. The van der Waals surface area contributed by atoms with Crippen LogP contribution in [0.2, 0.25) is 0 Å². The lowest BCUT2D eigenvalue weighted by Crippen LogP contribution is -2.45. The van der Waals surface area contributed by atoms with Gasteiger partial charge in [0.25, 0.3) is 5.91 Å². The maximum absolute atomic E-state index is 13.1. The lowest BCUT2D eigenvalue weighted by atomic mass is 9.93. The number of alkyl halides is 1. The highest BCUT2D eigenvalue weighted by Crippen LogP contribution is 2.44. The number of amides is 1. The van der Waals surface area contributed by atoms with E-state index in [0.29, 0.717) is 29.3 Å². The monoisotopic (exact) mass is 402 g/mol. The molecule has 2 heterocycles. The maximum Gasteiger partial charge on any atom is 0.270 e. The number of hydrogen-bond donors (Lipinski definition) is 1. The zero-order valence-corrected chi connectivity index (χ0v) is 17.1. The molecule has 2 atom stereocenters. The van der Waals surface area contributed by atoms with Gasteiger partial charge in [-0.3, -0.25) is 9.78 Å². The lowest BCUT2D eigenvalue weighted by Gasteiger charge is -2.27. The second-order valence-corrected chi connectivity index (χ2v) is 8.54. The van der Waals surface area contributed by atoms with Gasteiger partial charge >= 0.3 is 0 Å². The molecule has 8 heteroatoms. The molecule has 2 aromatic heterocycles. The fourth-order valence-corrected chi connectivity index (χ4v) is 3.56. The van der Waals surface area contributed by atoms with Crippen LogP contribution in [0, 0.1) is 12.8 Å². The van der Waals surface area contributed by atoms with Crippen LogP contribution in [0.4, 0.5) is 4.39 Å². The number of hydrogen-bond acceptors (Lipinski definition) is 6. The molecule has 2 fully saturated rings. The van der Waals surface area contributed by atoms with Crippen molar-refractivity contribution in [2.75, 3.05) is 6.67 Å². The summed E-state index contributed by atoms with van der Waals surface area (Å²) in [5.74, 6) is 2.04. The van der Waals surface area contributed by atoms with Gasteiger partial charge in [0, 0.05) is 24.8 Å². The van der Waals surface area contributed by atoms with Gasteiger partial charge in [-0.15, -0.1) is 0 Å². The third kappa shape index (κ3) is 4.57. The van der Waals surface area contributed by atoms with Gasteiger partial charge in [0.1, 0.15) is 29.8 Å². The number of rotatable bonds is 9. The van der Waals surface area contributed by atoms with Crippen LogP contribution < -0.4 is 10.1 Å². The molecule has 0 saturated heterocycles. The molecule has 7 nitrogen and oxygen atoms in total. The van der Waals surface area contributed by atoms with E-state index in [9.17, 15) is 9.18 Å². The van der Waals surface area contributed by atoms with E-state index < -0.39 is 18.3 Å². The van der Waals surface area contributed by atoms with Crippen LogP contribution in [0.25, 0.3) is 0 Å². The molecule has 0 radical (unpaired) electrons. The summed E-state index contributed by atoms with van der Waals surface area (Å²) in [4.78, 5) is 21.8. The Labute approximate surface area is 169 Å². The number of aryl methyl sites for hydroxylation is 1. The first-order valence-corrected chi connectivity index (χ1v) is 10.2. The largest absolute Gasteiger partial charge is 0.488 e. The second-order valence-electron chi connectivity index (χ2n) is 8.54. The van der Waals surface area contributed by atoms with E-state index >= 15 is 0 Å². The quantitative estimate of drug-likeness (QED) is 0.685. The average Bonchev–Trinajstić information content (AvgIpc) is 3.62. The molecule has 2 aliphatic rings. The number of pyridine rings is 1. The summed E-state index contributed by atoms with van der Waals surface area (Å²) >= 11 is 0. The Balaban J connectivity index is 1.58. The van der Waals surface area contributed by atoms with E-state index in [0.717, 1.165) is 37.7 Å². The predicted octanol–water partition coefficient (Wildman–Crippen LogP) is 3.83. The van der Waals surface area contributed by atoms with Crippen LogP contribution in [0.1, 0.15) is 79.6 Å². The van der Waals surface area contributed by atoms with Crippen molar-refractivity contribution in [1.82, 2.24) is 20.4 Å². The summed E-state index contributed by atoms with van der Waals surface area (Å²) < 4.78 is 23.9. The van der Waals surface area contributed by atoms with Crippen LogP contribution >= 0.6 is 0 Å². The smallest absolute Gasteiger partial charge is 0.270 e. The Kier molecular flexibility index (Phi) is 5.27. The van der Waals surface area contributed by atoms with E-state index in [1.165, 1.54) is 0 Å². The summed E-state index contributed by atoms with van der Waals surface area (Å²) in [6, 6.07) is 1.62. The minimum absolute atomic E-state index is 0.234. The van der Waals surface area contributed by atoms with Crippen LogP contribution in [0.5, 0.6) is 5.75 Å². The Morgan fingerprint density at radius 1 is 1.41 bits per heavy atom. The molecule has 2 saturated carbocycles. The first kappa shape index (κ1) is 19.8. The summed E-state index contributed by atoms with van der Waals surface area (Å²) in [6.45, 7) is 4.71. The number of carbonyl (C=O) groups is 1. The van der Waals surface area contributed by atoms with Gasteiger partial charge in [0.15, 0.2) is 5.82 Å². The second kappa shape index (κ2) is 7.72. The molecule has 2 aliphatic carbocycles. The van der Waals surface area contributed by atoms with E-state index in [4.69, 9.17) is 9.26 Å². The van der Waals surface area contributed by atoms with Gasteiger partial charge < -0.3 is 14.6 Å². The molecule has 2 aromatic rings. The number of halogens is 1. The van der Waals surface area contributed by atoms with Gasteiger partial charge in [-0.1, -0.05) is 18.0 Å². The molecule has 1 amide bonds. The van der Waals surface area contributed by atoms with E-state index in [1.807, 2.05) is 6.92 Å². The van der Waals surface area contributed by atoms with Gasteiger partial charge in [0.05, 0.1) is 0 Å². The molecule has 1 N–H and O–H groups in total. The third-order valence-electron chi connectivity index (χ3n) is 5.49. The third-order valence-corrected chi connectivity index (χ3v) is 5.49. The fraction of sp³-hybridized carbons (Fsp3) is 0.619. The Morgan fingerprint density at radius 3 is 2.76 bits per heavy atom. The molecule has 0 bridgehead atoms. The summed E-state index contributed by atoms with van der Waals surface area (Å²) in [5.41, 5.74) is 0.425. The van der Waals surface area contributed by atoms with Crippen LogP contribution in [0.15, 0.2) is 16.8 Å². The maximum atomic E-state index is 13.1. The average molecular weight is 402 g/mol. The van der Waals surface area contributed by atoms with E-state index in [2.05, 4.69) is 20.4 Å². The standard InChI is InChI=1S/C21H27FN4O3/c1-12(10-22)28-18-8-17(23-11-16(18)15-6-7-15)19(27)25-21(3,9-14-4-5-14)20-24-13(2)29-26-20/h8,11-12,14-15H,4-7,9-10H2,1-3H3,(H,25,27)/t12-,21-/m0/s1. The first-order valence-electron chi connectivity index (χ1n) is 10.2. The minimum Gasteiger partial charge on any atom is -0.488 e. The predicted molar refractivity (Wildman–Crippen MR) is 103 cm³/mol. The van der Waals surface area contributed by atoms with Crippen molar-refractivity contribution in [3.8, 4) is 5.75 Å². The molecule has 0 aliphatic heterocycles. The fourth-order valence-electron chi connectivity index (χ4n) is 3.56. The minimum atomic E-state index is -0.750. The zero-order chi connectivity index (χ0) is 20.6. The van der Waals surface area contributed by atoms with Crippen molar-refractivity contribution >= 4 is 5.91 Å². The topological polar surface area (TPSA) is 90.1 Å². The molecule has 156 valence electrons. The van der Waals surface area contributed by atoms with Crippen LogP contribution in [0.3, 0.4) is 0 Å². The number of carbonyl (C=O) groups excluding carboxylic acids is 1. The van der Waals surface area contributed by atoms with Crippen LogP contribution in [-0.2, 0) is 5.54 Å². The Morgan fingerprint density at radius 2 is 2.17 bits per heavy atom. The van der Waals surface area contributed by atoms with Crippen molar-refractivity contribution in [2.45, 2.75) is 70.4 Å². The highest BCUT2D eigenvalue weighted by molar-refractivity contribution is 5.93.